The molecule has 0 spiro atoms. The molecular formula is C44H88CaN2O4. The molecule has 0 aliphatic rings. The van der Waals surface area contributed by atoms with Gasteiger partial charge in [0.1, 0.15) is 0 Å². The second-order valence-electron chi connectivity index (χ2n) is 15.0. The molecule has 51 heavy (non-hydrogen) atoms. The quantitative estimate of drug-likeness (QED) is 0.0462. The number of nitrogens with zero attached hydrogens (tertiary/aromatic N) is 2. The van der Waals surface area contributed by atoms with Crippen LogP contribution in [-0.4, -0.2) is 97.7 Å². The van der Waals surface area contributed by atoms with E-state index in [9.17, 15) is 19.8 Å². The third-order valence-corrected chi connectivity index (χ3v) is 10.4. The standard InChI is InChI=1S/2C22H45NO2.Ca/c2*1-4-7-9-11-13-15-17-19-23(21(6-3)22(24)25)20-18-16-14-12-10-8-5-2;/h2*21H,4-20H2,1-3H3,(H,24,25);/q;;+2/p-2. The van der Waals surface area contributed by atoms with Crippen molar-refractivity contribution in [1.82, 2.24) is 9.80 Å². The van der Waals surface area contributed by atoms with E-state index in [1.807, 2.05) is 13.8 Å². The van der Waals surface area contributed by atoms with Crippen molar-refractivity contribution >= 4 is 49.7 Å². The van der Waals surface area contributed by atoms with Crippen LogP contribution in [-0.2, 0) is 9.59 Å². The topological polar surface area (TPSA) is 86.7 Å². The van der Waals surface area contributed by atoms with Gasteiger partial charge in [-0.1, -0.05) is 196 Å². The number of carbonyl (C=O) groups excluding carboxylic acids is 2. The molecule has 0 bridgehead atoms. The summed E-state index contributed by atoms with van der Waals surface area (Å²) < 4.78 is 0. The summed E-state index contributed by atoms with van der Waals surface area (Å²) in [6, 6.07) is -0.805. The number of unbranched alkanes of at least 4 members (excludes halogenated alkanes) is 24. The second-order valence-corrected chi connectivity index (χ2v) is 15.0. The Morgan fingerprint density at radius 3 is 0.686 bits per heavy atom. The zero-order valence-corrected chi connectivity index (χ0v) is 37.6. The first kappa shape index (κ1) is 55.5. The van der Waals surface area contributed by atoms with Gasteiger partial charge in [0.2, 0.25) is 0 Å². The van der Waals surface area contributed by atoms with Gasteiger partial charge < -0.3 is 19.8 Å². The van der Waals surface area contributed by atoms with E-state index < -0.39 is 24.0 Å². The Kier molecular flexibility index (Phi) is 48.4. The molecule has 0 rings (SSSR count). The van der Waals surface area contributed by atoms with Gasteiger partial charge in [0, 0.05) is 12.1 Å². The maximum Gasteiger partial charge on any atom is 2.00 e. The van der Waals surface area contributed by atoms with Gasteiger partial charge in [-0.2, -0.15) is 0 Å². The van der Waals surface area contributed by atoms with Gasteiger partial charge in [0.25, 0.3) is 0 Å². The molecule has 0 aromatic heterocycles. The first-order valence-corrected chi connectivity index (χ1v) is 22.2. The number of hydrogen-bond donors (Lipinski definition) is 0. The van der Waals surface area contributed by atoms with Crippen molar-refractivity contribution in [2.24, 2.45) is 0 Å². The van der Waals surface area contributed by atoms with Crippen LogP contribution in [0.5, 0.6) is 0 Å². The van der Waals surface area contributed by atoms with Crippen LogP contribution in [0.3, 0.4) is 0 Å². The number of carboxylic acids is 2. The molecule has 0 N–H and O–H groups in total. The summed E-state index contributed by atoms with van der Waals surface area (Å²) in [5.74, 6) is -1.79. The average Bonchev–Trinajstić information content (AvgIpc) is 3.10. The second kappa shape index (κ2) is 44.5. The molecular weight excluding hydrogens is 661 g/mol. The zero-order chi connectivity index (χ0) is 37.5. The molecule has 0 aromatic carbocycles. The zero-order valence-electron chi connectivity index (χ0n) is 35.4. The van der Waals surface area contributed by atoms with Gasteiger partial charge in [-0.3, -0.25) is 9.80 Å². The number of rotatable bonds is 38. The van der Waals surface area contributed by atoms with Crippen LogP contribution in [0.1, 0.15) is 234 Å². The van der Waals surface area contributed by atoms with Crippen LogP contribution in [0.4, 0.5) is 0 Å². The van der Waals surface area contributed by atoms with Crippen molar-refractivity contribution in [3.05, 3.63) is 0 Å². The summed E-state index contributed by atoms with van der Waals surface area (Å²) in [5.41, 5.74) is 0. The van der Waals surface area contributed by atoms with Gasteiger partial charge in [-0.25, -0.2) is 0 Å². The van der Waals surface area contributed by atoms with Crippen LogP contribution in [0.25, 0.3) is 0 Å². The van der Waals surface area contributed by atoms with Crippen molar-refractivity contribution in [1.29, 1.82) is 0 Å². The predicted molar refractivity (Wildman–Crippen MR) is 219 cm³/mol. The molecule has 0 aromatic rings. The molecule has 7 heteroatoms. The summed E-state index contributed by atoms with van der Waals surface area (Å²) >= 11 is 0. The largest absolute Gasteiger partial charge is 2.00 e. The molecule has 2 unspecified atom stereocenters. The minimum absolute atomic E-state index is 0. The van der Waals surface area contributed by atoms with Crippen LogP contribution < -0.4 is 10.2 Å². The fourth-order valence-electron chi connectivity index (χ4n) is 7.08. The number of hydrogen-bond acceptors (Lipinski definition) is 6. The van der Waals surface area contributed by atoms with Crippen molar-refractivity contribution in [2.45, 2.75) is 246 Å². The molecule has 2 atom stereocenters. The molecule has 300 valence electrons. The van der Waals surface area contributed by atoms with E-state index in [0.29, 0.717) is 12.8 Å². The summed E-state index contributed by atoms with van der Waals surface area (Å²) in [6.45, 7) is 16.5. The summed E-state index contributed by atoms with van der Waals surface area (Å²) in [4.78, 5) is 27.2. The van der Waals surface area contributed by atoms with E-state index in [4.69, 9.17) is 0 Å². The Balaban J connectivity index is -0.000000886. The predicted octanol–water partition coefficient (Wildman–Crippen LogP) is 10.3. The van der Waals surface area contributed by atoms with Crippen LogP contribution in [0.2, 0.25) is 0 Å². The molecule has 0 aliphatic carbocycles. The third kappa shape index (κ3) is 36.8. The smallest absolute Gasteiger partial charge is 0.548 e. The first-order chi connectivity index (χ1) is 24.3. The fourth-order valence-corrected chi connectivity index (χ4v) is 7.08. The van der Waals surface area contributed by atoms with Crippen LogP contribution in [0.15, 0.2) is 0 Å². The van der Waals surface area contributed by atoms with Gasteiger partial charge in [0.15, 0.2) is 0 Å². The van der Waals surface area contributed by atoms with E-state index in [-0.39, 0.29) is 37.7 Å². The molecule has 0 radical (unpaired) electrons. The van der Waals surface area contributed by atoms with E-state index in [1.165, 1.54) is 154 Å². The molecule has 0 saturated heterocycles. The van der Waals surface area contributed by atoms with Crippen molar-refractivity contribution in [3.63, 3.8) is 0 Å². The van der Waals surface area contributed by atoms with Crippen LogP contribution in [0, 0.1) is 0 Å². The average molecular weight is 749 g/mol. The van der Waals surface area contributed by atoms with E-state index in [2.05, 4.69) is 37.5 Å². The minimum atomic E-state index is -0.895. The Hall–Kier alpha value is 0.120. The Bertz CT molecular complexity index is 617. The van der Waals surface area contributed by atoms with Crippen molar-refractivity contribution in [2.75, 3.05) is 26.2 Å². The maximum absolute atomic E-state index is 11.4. The maximum atomic E-state index is 11.4. The molecule has 0 amide bonds. The van der Waals surface area contributed by atoms with Gasteiger partial charge in [-0.05, 0) is 64.7 Å². The van der Waals surface area contributed by atoms with Crippen molar-refractivity contribution in [3.8, 4) is 0 Å². The Morgan fingerprint density at radius 2 is 0.529 bits per heavy atom. The number of carbonyl (C=O) groups is 2. The van der Waals surface area contributed by atoms with Crippen LogP contribution >= 0.6 is 0 Å². The monoisotopic (exact) mass is 749 g/mol. The SMILES string of the molecule is CCCCCCCCCN(CCCCCCCCC)C(CC)C(=O)[O-].CCCCCCCCCN(CCCCCCCCC)C(CC)C(=O)[O-].[Ca+2]. The third-order valence-electron chi connectivity index (χ3n) is 10.4. The number of aliphatic carboxylic acids is 2. The summed E-state index contributed by atoms with van der Waals surface area (Å²) in [6.07, 6.45) is 37.0. The molecule has 0 fully saturated rings. The Labute approximate surface area is 349 Å². The fraction of sp³-hybridized carbons (Fsp3) is 0.955. The molecule has 0 aliphatic heterocycles. The van der Waals surface area contributed by atoms with Gasteiger partial charge in [-0.15, -0.1) is 0 Å². The normalized spacial score (nSPS) is 12.4. The minimum Gasteiger partial charge on any atom is -0.548 e. The molecule has 6 nitrogen and oxygen atoms in total. The van der Waals surface area contributed by atoms with E-state index >= 15 is 0 Å². The summed E-state index contributed by atoms with van der Waals surface area (Å²) in [7, 11) is 0. The number of carboxylic acid groups (broad SMARTS) is 2. The molecule has 0 saturated carbocycles. The molecule has 0 heterocycles. The summed E-state index contributed by atoms with van der Waals surface area (Å²) in [5, 5.41) is 22.9. The Morgan fingerprint density at radius 1 is 0.353 bits per heavy atom. The van der Waals surface area contributed by atoms with Gasteiger partial charge in [0.05, 0.1) is 11.9 Å². The van der Waals surface area contributed by atoms with E-state index in [1.54, 1.807) is 0 Å². The van der Waals surface area contributed by atoms with Crippen molar-refractivity contribution < 1.29 is 19.8 Å². The van der Waals surface area contributed by atoms with E-state index in [0.717, 1.165) is 51.9 Å². The first-order valence-electron chi connectivity index (χ1n) is 22.2. The van der Waals surface area contributed by atoms with Gasteiger partial charge >= 0.3 is 37.7 Å².